The molecule has 0 fully saturated rings. The van der Waals surface area contributed by atoms with Gasteiger partial charge >= 0.3 is 0 Å². The van der Waals surface area contributed by atoms with Crippen LogP contribution in [0.25, 0.3) is 0 Å². The number of aliphatic hydroxyl groups excluding tert-OH is 1. The zero-order valence-electron chi connectivity index (χ0n) is 6.57. The van der Waals surface area contributed by atoms with Crippen molar-refractivity contribution in [2.24, 2.45) is 0 Å². The van der Waals surface area contributed by atoms with E-state index in [0.717, 1.165) is 6.54 Å². The standard InChI is InChI=1S/C8H12N2O/c1-3-8(11)7-5-6-10(4-2)9-7/h3,5-6,8,11H,1,4H2,2H3. The van der Waals surface area contributed by atoms with Crippen LogP contribution in [0.3, 0.4) is 0 Å². The molecule has 3 nitrogen and oxygen atoms in total. The van der Waals surface area contributed by atoms with Crippen molar-refractivity contribution in [1.82, 2.24) is 9.78 Å². The van der Waals surface area contributed by atoms with Gasteiger partial charge in [0.05, 0.1) is 5.69 Å². The molecule has 3 heteroatoms. The Balaban J connectivity index is 2.79. The number of aliphatic hydroxyl groups is 1. The van der Waals surface area contributed by atoms with E-state index < -0.39 is 6.10 Å². The largest absolute Gasteiger partial charge is 0.383 e. The molecule has 0 aliphatic rings. The Labute approximate surface area is 66.0 Å². The third-order valence-electron chi connectivity index (χ3n) is 1.51. The first-order valence-corrected chi connectivity index (χ1v) is 3.62. The van der Waals surface area contributed by atoms with Crippen LogP contribution < -0.4 is 0 Å². The van der Waals surface area contributed by atoms with Crippen molar-refractivity contribution >= 4 is 0 Å². The molecule has 0 aliphatic carbocycles. The third kappa shape index (κ3) is 1.68. The smallest absolute Gasteiger partial charge is 0.116 e. The van der Waals surface area contributed by atoms with Crippen molar-refractivity contribution in [2.45, 2.75) is 19.6 Å². The van der Waals surface area contributed by atoms with E-state index in [0.29, 0.717) is 5.69 Å². The van der Waals surface area contributed by atoms with Gasteiger partial charge < -0.3 is 5.11 Å². The summed E-state index contributed by atoms with van der Waals surface area (Å²) in [6, 6.07) is 1.79. The van der Waals surface area contributed by atoms with Crippen LogP contribution in [0.1, 0.15) is 18.7 Å². The van der Waals surface area contributed by atoms with Crippen LogP contribution >= 0.6 is 0 Å². The SMILES string of the molecule is C=CC(O)c1ccn(CC)n1. The average Bonchev–Trinajstić information content (AvgIpc) is 2.50. The zero-order chi connectivity index (χ0) is 8.27. The molecule has 1 aromatic heterocycles. The first kappa shape index (κ1) is 8.01. The molecule has 0 aliphatic heterocycles. The maximum absolute atomic E-state index is 9.24. The summed E-state index contributed by atoms with van der Waals surface area (Å²) in [5, 5.41) is 13.3. The van der Waals surface area contributed by atoms with Gasteiger partial charge in [-0.05, 0) is 13.0 Å². The van der Waals surface area contributed by atoms with E-state index in [1.807, 2.05) is 13.1 Å². The first-order valence-electron chi connectivity index (χ1n) is 3.62. The van der Waals surface area contributed by atoms with Crippen molar-refractivity contribution in [3.8, 4) is 0 Å². The fraction of sp³-hybridized carbons (Fsp3) is 0.375. The van der Waals surface area contributed by atoms with Crippen molar-refractivity contribution in [3.05, 3.63) is 30.6 Å². The molecule has 1 heterocycles. The van der Waals surface area contributed by atoms with Gasteiger partial charge in [-0.2, -0.15) is 5.10 Å². The summed E-state index contributed by atoms with van der Waals surface area (Å²) in [5.41, 5.74) is 0.654. The predicted octanol–water partition coefficient (Wildman–Crippen LogP) is 1.12. The summed E-state index contributed by atoms with van der Waals surface area (Å²) in [7, 11) is 0. The Hall–Kier alpha value is -1.09. The lowest BCUT2D eigenvalue weighted by molar-refractivity contribution is 0.223. The number of aryl methyl sites for hydroxylation is 1. The quantitative estimate of drug-likeness (QED) is 0.659. The Morgan fingerprint density at radius 3 is 3.09 bits per heavy atom. The number of hydrogen-bond donors (Lipinski definition) is 1. The number of aromatic nitrogens is 2. The van der Waals surface area contributed by atoms with E-state index in [4.69, 9.17) is 0 Å². The Morgan fingerprint density at radius 1 is 1.91 bits per heavy atom. The second-order valence-electron chi connectivity index (χ2n) is 2.28. The number of hydrogen-bond acceptors (Lipinski definition) is 2. The highest BCUT2D eigenvalue weighted by atomic mass is 16.3. The molecule has 0 amide bonds. The van der Waals surface area contributed by atoms with E-state index in [-0.39, 0.29) is 0 Å². The van der Waals surface area contributed by atoms with E-state index >= 15 is 0 Å². The summed E-state index contributed by atoms with van der Waals surface area (Å²) in [6.07, 6.45) is 2.66. The van der Waals surface area contributed by atoms with E-state index in [2.05, 4.69) is 11.7 Å². The van der Waals surface area contributed by atoms with Crippen LogP contribution in [0, 0.1) is 0 Å². The number of rotatable bonds is 3. The van der Waals surface area contributed by atoms with Gasteiger partial charge in [0.1, 0.15) is 6.10 Å². The summed E-state index contributed by atoms with van der Waals surface area (Å²) >= 11 is 0. The zero-order valence-corrected chi connectivity index (χ0v) is 6.57. The molecule has 1 unspecified atom stereocenters. The molecule has 0 aromatic carbocycles. The molecule has 1 N–H and O–H groups in total. The van der Waals surface area contributed by atoms with Crippen molar-refractivity contribution < 1.29 is 5.11 Å². The molecule has 1 aromatic rings. The third-order valence-corrected chi connectivity index (χ3v) is 1.51. The highest BCUT2D eigenvalue weighted by molar-refractivity contribution is 5.07. The molecule has 11 heavy (non-hydrogen) atoms. The fourth-order valence-corrected chi connectivity index (χ4v) is 0.832. The van der Waals surface area contributed by atoms with Gasteiger partial charge in [0, 0.05) is 12.7 Å². The number of nitrogens with zero attached hydrogens (tertiary/aromatic N) is 2. The lowest BCUT2D eigenvalue weighted by Gasteiger charge is -1.98. The molecule has 0 saturated carbocycles. The lowest BCUT2D eigenvalue weighted by atomic mass is 10.3. The van der Waals surface area contributed by atoms with E-state index in [9.17, 15) is 5.11 Å². The van der Waals surface area contributed by atoms with E-state index in [1.165, 1.54) is 6.08 Å². The maximum Gasteiger partial charge on any atom is 0.116 e. The molecule has 0 radical (unpaired) electrons. The van der Waals surface area contributed by atoms with Crippen LogP contribution in [0.4, 0.5) is 0 Å². The Kier molecular flexibility index (Phi) is 2.44. The molecular formula is C8H12N2O. The maximum atomic E-state index is 9.24. The fourth-order valence-electron chi connectivity index (χ4n) is 0.832. The summed E-state index contributed by atoms with van der Waals surface area (Å²) in [4.78, 5) is 0. The van der Waals surface area contributed by atoms with Crippen molar-refractivity contribution in [3.63, 3.8) is 0 Å². The van der Waals surface area contributed by atoms with Gasteiger partial charge in [-0.3, -0.25) is 4.68 Å². The van der Waals surface area contributed by atoms with Crippen LogP contribution in [0.2, 0.25) is 0 Å². The highest BCUT2D eigenvalue weighted by Crippen LogP contribution is 2.09. The normalized spacial score (nSPS) is 12.9. The second kappa shape index (κ2) is 3.34. The van der Waals surface area contributed by atoms with Crippen molar-refractivity contribution in [2.75, 3.05) is 0 Å². The van der Waals surface area contributed by atoms with Crippen LogP contribution in [-0.2, 0) is 6.54 Å². The molecular weight excluding hydrogens is 140 g/mol. The van der Waals surface area contributed by atoms with Gasteiger partial charge in [0.15, 0.2) is 0 Å². The van der Waals surface area contributed by atoms with Gasteiger partial charge in [0.25, 0.3) is 0 Å². The minimum absolute atomic E-state index is 0.636. The van der Waals surface area contributed by atoms with E-state index in [1.54, 1.807) is 10.7 Å². The monoisotopic (exact) mass is 152 g/mol. The van der Waals surface area contributed by atoms with Gasteiger partial charge in [-0.25, -0.2) is 0 Å². The molecule has 0 saturated heterocycles. The molecule has 0 spiro atoms. The topological polar surface area (TPSA) is 38.0 Å². The van der Waals surface area contributed by atoms with Crippen LogP contribution in [0.5, 0.6) is 0 Å². The Morgan fingerprint density at radius 2 is 2.64 bits per heavy atom. The minimum atomic E-state index is -0.636. The molecule has 1 atom stereocenters. The summed E-state index contributed by atoms with van der Waals surface area (Å²) in [5.74, 6) is 0. The van der Waals surface area contributed by atoms with Crippen LogP contribution in [-0.4, -0.2) is 14.9 Å². The minimum Gasteiger partial charge on any atom is -0.383 e. The van der Waals surface area contributed by atoms with Gasteiger partial charge in [-0.1, -0.05) is 6.08 Å². The van der Waals surface area contributed by atoms with Crippen molar-refractivity contribution in [1.29, 1.82) is 0 Å². The summed E-state index contributed by atoms with van der Waals surface area (Å²) < 4.78 is 1.77. The lowest BCUT2D eigenvalue weighted by Crippen LogP contribution is -1.98. The average molecular weight is 152 g/mol. The highest BCUT2D eigenvalue weighted by Gasteiger charge is 2.04. The molecule has 1 rings (SSSR count). The van der Waals surface area contributed by atoms with Gasteiger partial charge in [-0.15, -0.1) is 6.58 Å². The van der Waals surface area contributed by atoms with Gasteiger partial charge in [0.2, 0.25) is 0 Å². The van der Waals surface area contributed by atoms with Crippen LogP contribution in [0.15, 0.2) is 24.9 Å². The predicted molar refractivity (Wildman–Crippen MR) is 43.1 cm³/mol. The first-order chi connectivity index (χ1) is 5.27. The molecule has 60 valence electrons. The summed E-state index contributed by atoms with van der Waals surface area (Å²) in [6.45, 7) is 6.29. The second-order valence-corrected chi connectivity index (χ2v) is 2.28. The Bertz CT molecular complexity index is 242. The molecule has 0 bridgehead atoms.